The van der Waals surface area contributed by atoms with Crippen LogP contribution in [0.4, 0.5) is 18.0 Å². The number of amides is 2. The van der Waals surface area contributed by atoms with Crippen LogP contribution in [0.3, 0.4) is 0 Å². The lowest BCUT2D eigenvalue weighted by atomic mass is 9.93. The van der Waals surface area contributed by atoms with Crippen LogP contribution in [0, 0.1) is 5.41 Å². The summed E-state index contributed by atoms with van der Waals surface area (Å²) in [6.07, 6.45) is -3.92. The van der Waals surface area contributed by atoms with Crippen LogP contribution >= 0.6 is 0 Å². The van der Waals surface area contributed by atoms with Crippen molar-refractivity contribution in [3.63, 3.8) is 0 Å². The molecule has 1 saturated heterocycles. The van der Waals surface area contributed by atoms with Crippen LogP contribution in [-0.2, 0) is 4.79 Å². The average Bonchev–Trinajstić information content (AvgIpc) is 2.54. The second-order valence-electron chi connectivity index (χ2n) is 5.48. The first-order chi connectivity index (χ1) is 8.50. The molecular formula is C11H17F3N2O3. The highest BCUT2D eigenvalue weighted by Gasteiger charge is 2.39. The first kappa shape index (κ1) is 15.6. The van der Waals surface area contributed by atoms with Crippen LogP contribution in [0.1, 0.15) is 20.3 Å². The van der Waals surface area contributed by atoms with E-state index in [4.69, 9.17) is 5.11 Å². The molecule has 2 amide bonds. The Balaban J connectivity index is 2.74. The monoisotopic (exact) mass is 282 g/mol. The third kappa shape index (κ3) is 4.96. The molecule has 19 heavy (non-hydrogen) atoms. The van der Waals surface area contributed by atoms with E-state index in [0.717, 1.165) is 0 Å². The normalized spacial score (nSPS) is 18.5. The third-order valence-electron chi connectivity index (χ3n) is 2.91. The van der Waals surface area contributed by atoms with E-state index >= 15 is 0 Å². The highest BCUT2D eigenvalue weighted by atomic mass is 19.4. The Labute approximate surface area is 109 Å². The molecule has 0 aromatic heterocycles. The van der Waals surface area contributed by atoms with Gasteiger partial charge in [0.2, 0.25) is 0 Å². The molecule has 1 fully saturated rings. The Morgan fingerprint density at radius 2 is 1.95 bits per heavy atom. The smallest absolute Gasteiger partial charge is 0.406 e. The lowest BCUT2D eigenvalue weighted by Gasteiger charge is -2.28. The summed E-state index contributed by atoms with van der Waals surface area (Å²) in [6.45, 7) is 2.00. The molecule has 1 aliphatic heterocycles. The summed E-state index contributed by atoms with van der Waals surface area (Å²) in [4.78, 5) is 24.1. The number of hydrogen-bond donors (Lipinski definition) is 1. The molecule has 0 saturated carbocycles. The van der Waals surface area contributed by atoms with Gasteiger partial charge in [-0.15, -0.1) is 0 Å². The van der Waals surface area contributed by atoms with E-state index in [2.05, 4.69) is 0 Å². The molecule has 0 aromatic carbocycles. The van der Waals surface area contributed by atoms with Crippen LogP contribution in [0.15, 0.2) is 0 Å². The van der Waals surface area contributed by atoms with Gasteiger partial charge in [0.15, 0.2) is 0 Å². The number of carboxylic acid groups (broad SMARTS) is 1. The number of urea groups is 1. The van der Waals surface area contributed by atoms with Crippen molar-refractivity contribution in [3.8, 4) is 0 Å². The lowest BCUT2D eigenvalue weighted by Crippen LogP contribution is -2.48. The van der Waals surface area contributed by atoms with Gasteiger partial charge in [0.1, 0.15) is 13.1 Å². The molecular weight excluding hydrogens is 265 g/mol. The van der Waals surface area contributed by atoms with Gasteiger partial charge in [-0.25, -0.2) is 4.79 Å². The summed E-state index contributed by atoms with van der Waals surface area (Å²) in [6, 6.07) is -0.870. The van der Waals surface area contributed by atoms with E-state index in [1.165, 1.54) is 4.90 Å². The maximum atomic E-state index is 12.4. The zero-order chi connectivity index (χ0) is 14.8. The Morgan fingerprint density at radius 3 is 2.32 bits per heavy atom. The molecule has 0 radical (unpaired) electrons. The van der Waals surface area contributed by atoms with E-state index in [-0.39, 0.29) is 5.41 Å². The van der Waals surface area contributed by atoms with Gasteiger partial charge in [-0.3, -0.25) is 4.79 Å². The van der Waals surface area contributed by atoms with Crippen molar-refractivity contribution < 1.29 is 27.9 Å². The van der Waals surface area contributed by atoms with Gasteiger partial charge < -0.3 is 14.9 Å². The number of carboxylic acids is 1. The second kappa shape index (κ2) is 5.26. The SMILES string of the molecule is CC1(C)CCN(C(=O)N(CC(=O)O)CC(F)(F)F)C1. The van der Waals surface area contributed by atoms with Crippen molar-refractivity contribution in [2.75, 3.05) is 26.2 Å². The zero-order valence-electron chi connectivity index (χ0n) is 10.8. The number of rotatable bonds is 3. The molecule has 5 nitrogen and oxygen atoms in total. The summed E-state index contributed by atoms with van der Waals surface area (Å²) < 4.78 is 37.1. The van der Waals surface area contributed by atoms with Crippen molar-refractivity contribution in [2.45, 2.75) is 26.4 Å². The van der Waals surface area contributed by atoms with Crippen LogP contribution in [0.2, 0.25) is 0 Å². The van der Waals surface area contributed by atoms with E-state index in [9.17, 15) is 22.8 Å². The van der Waals surface area contributed by atoms with Crippen LogP contribution in [0.5, 0.6) is 0 Å². The van der Waals surface area contributed by atoms with Crippen LogP contribution < -0.4 is 0 Å². The van der Waals surface area contributed by atoms with Gasteiger partial charge in [0.05, 0.1) is 0 Å². The molecule has 0 bridgehead atoms. The number of carbonyl (C=O) groups excluding carboxylic acids is 1. The molecule has 1 N–H and O–H groups in total. The standard InChI is InChI=1S/C11H17F3N2O3/c1-10(2)3-4-15(6-10)9(19)16(5-8(17)18)7-11(12,13)14/h3-7H2,1-2H3,(H,17,18). The van der Waals surface area contributed by atoms with Gasteiger partial charge in [-0.05, 0) is 11.8 Å². The highest BCUT2D eigenvalue weighted by molar-refractivity contribution is 5.80. The van der Waals surface area contributed by atoms with Crippen molar-refractivity contribution >= 4 is 12.0 Å². The van der Waals surface area contributed by atoms with Gasteiger partial charge >= 0.3 is 18.2 Å². The molecule has 0 aliphatic carbocycles. The molecule has 110 valence electrons. The fourth-order valence-corrected chi connectivity index (χ4v) is 2.05. The number of carbonyl (C=O) groups is 2. The van der Waals surface area contributed by atoms with Crippen molar-refractivity contribution in [1.82, 2.24) is 9.80 Å². The minimum Gasteiger partial charge on any atom is -0.480 e. The molecule has 1 rings (SSSR count). The third-order valence-corrected chi connectivity index (χ3v) is 2.91. The first-order valence-electron chi connectivity index (χ1n) is 5.83. The predicted molar refractivity (Wildman–Crippen MR) is 60.6 cm³/mol. The van der Waals surface area contributed by atoms with Crippen LogP contribution in [-0.4, -0.2) is 59.3 Å². The summed E-state index contributed by atoms with van der Waals surface area (Å²) in [7, 11) is 0. The van der Waals surface area contributed by atoms with Crippen LogP contribution in [0.25, 0.3) is 0 Å². The van der Waals surface area contributed by atoms with E-state index in [1.54, 1.807) is 0 Å². The van der Waals surface area contributed by atoms with Gasteiger partial charge in [0, 0.05) is 13.1 Å². The number of nitrogens with zero attached hydrogens (tertiary/aromatic N) is 2. The van der Waals surface area contributed by atoms with Crippen molar-refractivity contribution in [1.29, 1.82) is 0 Å². The van der Waals surface area contributed by atoms with E-state index < -0.39 is 31.3 Å². The molecule has 0 unspecified atom stereocenters. The van der Waals surface area contributed by atoms with Crippen molar-refractivity contribution in [3.05, 3.63) is 0 Å². The highest BCUT2D eigenvalue weighted by Crippen LogP contribution is 2.29. The summed E-state index contributed by atoms with van der Waals surface area (Å²) >= 11 is 0. The fraction of sp³-hybridized carbons (Fsp3) is 0.818. The maximum Gasteiger partial charge on any atom is 0.406 e. The fourth-order valence-electron chi connectivity index (χ4n) is 2.05. The molecule has 0 aromatic rings. The minimum atomic E-state index is -4.61. The summed E-state index contributed by atoms with van der Waals surface area (Å²) in [5.74, 6) is -1.46. The first-order valence-corrected chi connectivity index (χ1v) is 5.83. The average molecular weight is 282 g/mol. The number of likely N-dealkylation sites (tertiary alicyclic amines) is 1. The second-order valence-corrected chi connectivity index (χ2v) is 5.48. The number of hydrogen-bond acceptors (Lipinski definition) is 2. The Morgan fingerprint density at radius 1 is 1.37 bits per heavy atom. The van der Waals surface area contributed by atoms with Gasteiger partial charge in [-0.2, -0.15) is 13.2 Å². The number of alkyl halides is 3. The van der Waals surface area contributed by atoms with E-state index in [1.807, 2.05) is 13.8 Å². The Kier molecular flexibility index (Phi) is 4.32. The topological polar surface area (TPSA) is 60.9 Å². The molecule has 1 heterocycles. The molecule has 1 aliphatic rings. The zero-order valence-corrected chi connectivity index (χ0v) is 10.8. The van der Waals surface area contributed by atoms with Gasteiger partial charge in [0.25, 0.3) is 0 Å². The molecule has 8 heteroatoms. The quantitative estimate of drug-likeness (QED) is 0.858. The maximum absolute atomic E-state index is 12.4. The molecule has 0 spiro atoms. The van der Waals surface area contributed by atoms with Crippen molar-refractivity contribution in [2.24, 2.45) is 5.41 Å². The largest absolute Gasteiger partial charge is 0.480 e. The summed E-state index contributed by atoms with van der Waals surface area (Å²) in [5.41, 5.74) is -0.150. The number of aliphatic carboxylic acids is 1. The number of halogens is 3. The Hall–Kier alpha value is -1.47. The van der Waals surface area contributed by atoms with Gasteiger partial charge in [-0.1, -0.05) is 13.8 Å². The predicted octanol–water partition coefficient (Wildman–Crippen LogP) is 1.79. The molecule has 0 atom stereocenters. The lowest BCUT2D eigenvalue weighted by molar-refractivity contribution is -0.149. The summed E-state index contributed by atoms with van der Waals surface area (Å²) in [5, 5.41) is 8.60. The minimum absolute atomic E-state index is 0.150. The Bertz CT molecular complexity index is 369. The van der Waals surface area contributed by atoms with E-state index in [0.29, 0.717) is 24.4 Å².